The number of halogens is 1. The summed E-state index contributed by atoms with van der Waals surface area (Å²) in [6.07, 6.45) is 0.383. The summed E-state index contributed by atoms with van der Waals surface area (Å²) < 4.78 is 23.4. The molecule has 0 bridgehead atoms. The third-order valence-corrected chi connectivity index (χ3v) is 4.95. The van der Waals surface area contributed by atoms with Crippen molar-refractivity contribution in [3.63, 3.8) is 0 Å². The van der Waals surface area contributed by atoms with E-state index in [9.17, 15) is 13.2 Å². The highest BCUT2D eigenvalue weighted by Gasteiger charge is 2.20. The number of carbonyl (C=O) groups excluding carboxylic acids is 1. The highest BCUT2D eigenvalue weighted by Crippen LogP contribution is 2.28. The van der Waals surface area contributed by atoms with Crippen LogP contribution in [-0.2, 0) is 16.6 Å². The zero-order valence-electron chi connectivity index (χ0n) is 13.9. The Morgan fingerprint density at radius 3 is 2.50 bits per heavy atom. The highest BCUT2D eigenvalue weighted by atomic mass is 35.5. The van der Waals surface area contributed by atoms with E-state index in [-0.39, 0.29) is 28.6 Å². The molecular weight excluding hydrogens is 378 g/mol. The van der Waals surface area contributed by atoms with Crippen LogP contribution in [0.1, 0.15) is 22.3 Å². The first kappa shape index (κ1) is 20.2. The highest BCUT2D eigenvalue weighted by molar-refractivity contribution is 7.89. The first-order chi connectivity index (χ1) is 12.3. The number of anilines is 1. The summed E-state index contributed by atoms with van der Waals surface area (Å²) in [5, 5.41) is 19.6. The molecule has 2 aromatic carbocycles. The molecule has 0 unspecified atom stereocenters. The maximum absolute atomic E-state index is 12.4. The summed E-state index contributed by atoms with van der Waals surface area (Å²) >= 11 is 6.04. The van der Waals surface area contributed by atoms with Gasteiger partial charge in [0, 0.05) is 25.4 Å². The van der Waals surface area contributed by atoms with Gasteiger partial charge in [-0.2, -0.15) is 0 Å². The van der Waals surface area contributed by atoms with Gasteiger partial charge in [0.25, 0.3) is 5.91 Å². The van der Waals surface area contributed by atoms with Crippen molar-refractivity contribution in [1.29, 1.82) is 0 Å². The summed E-state index contributed by atoms with van der Waals surface area (Å²) in [6, 6.07) is 12.0. The van der Waals surface area contributed by atoms with Crippen molar-refractivity contribution >= 4 is 33.2 Å². The second-order valence-electron chi connectivity index (χ2n) is 5.55. The van der Waals surface area contributed by atoms with E-state index in [0.29, 0.717) is 18.7 Å². The summed E-state index contributed by atoms with van der Waals surface area (Å²) in [5.74, 6) is -0.490. The van der Waals surface area contributed by atoms with Gasteiger partial charge in [-0.3, -0.25) is 4.79 Å². The number of hydrogen-bond donors (Lipinski definition) is 4. The Kier molecular flexibility index (Phi) is 6.98. The van der Waals surface area contributed by atoms with Gasteiger partial charge in [-0.25, -0.2) is 13.6 Å². The van der Waals surface area contributed by atoms with E-state index >= 15 is 0 Å². The number of nitrogens with one attached hydrogen (secondary N) is 2. The van der Waals surface area contributed by atoms with Crippen molar-refractivity contribution in [2.45, 2.75) is 17.9 Å². The van der Waals surface area contributed by atoms with Gasteiger partial charge in [-0.15, -0.1) is 0 Å². The number of aliphatic hydroxyl groups excluding tert-OH is 1. The van der Waals surface area contributed by atoms with Crippen molar-refractivity contribution in [3.8, 4) is 0 Å². The Labute approximate surface area is 157 Å². The molecule has 0 heterocycles. The van der Waals surface area contributed by atoms with Gasteiger partial charge in [-0.1, -0.05) is 41.9 Å². The van der Waals surface area contributed by atoms with E-state index in [0.717, 1.165) is 11.6 Å². The largest absolute Gasteiger partial charge is 0.396 e. The Morgan fingerprint density at radius 1 is 1.19 bits per heavy atom. The number of aliphatic hydroxyl groups is 1. The van der Waals surface area contributed by atoms with Crippen LogP contribution in [0.4, 0.5) is 5.69 Å². The van der Waals surface area contributed by atoms with Crippen molar-refractivity contribution < 1.29 is 18.3 Å². The molecule has 0 aliphatic rings. The van der Waals surface area contributed by atoms with Crippen LogP contribution >= 0.6 is 11.6 Å². The Balaban J connectivity index is 2.34. The van der Waals surface area contributed by atoms with E-state index in [1.165, 1.54) is 6.07 Å². The zero-order chi connectivity index (χ0) is 19.2. The van der Waals surface area contributed by atoms with Gasteiger partial charge in [0.15, 0.2) is 0 Å². The molecule has 0 saturated carbocycles. The maximum atomic E-state index is 12.4. The third kappa shape index (κ3) is 5.43. The molecule has 2 aromatic rings. The summed E-state index contributed by atoms with van der Waals surface area (Å²) in [5.41, 5.74) is 1.46. The summed E-state index contributed by atoms with van der Waals surface area (Å²) in [6.45, 7) is 0.603. The van der Waals surface area contributed by atoms with E-state index < -0.39 is 15.9 Å². The van der Waals surface area contributed by atoms with Gasteiger partial charge in [0.1, 0.15) is 4.90 Å². The summed E-state index contributed by atoms with van der Waals surface area (Å²) in [4.78, 5) is 12.1. The quantitative estimate of drug-likeness (QED) is 0.505. The second-order valence-corrected chi connectivity index (χ2v) is 7.48. The lowest BCUT2D eigenvalue weighted by atomic mass is 10.1. The lowest BCUT2D eigenvalue weighted by Gasteiger charge is -2.15. The molecule has 0 aromatic heterocycles. The number of primary sulfonamides is 1. The fourth-order valence-electron chi connectivity index (χ4n) is 2.27. The van der Waals surface area contributed by atoms with E-state index in [2.05, 4.69) is 10.6 Å². The molecule has 9 heteroatoms. The number of benzene rings is 2. The van der Waals surface area contributed by atoms with Crippen LogP contribution in [0.2, 0.25) is 5.02 Å². The van der Waals surface area contributed by atoms with Gasteiger partial charge >= 0.3 is 0 Å². The molecule has 0 spiro atoms. The van der Waals surface area contributed by atoms with Crippen molar-refractivity contribution in [1.82, 2.24) is 5.32 Å². The average molecular weight is 398 g/mol. The van der Waals surface area contributed by atoms with Crippen LogP contribution in [-0.4, -0.2) is 32.6 Å². The van der Waals surface area contributed by atoms with Gasteiger partial charge in [0.05, 0.1) is 10.6 Å². The summed E-state index contributed by atoms with van der Waals surface area (Å²) in [7, 11) is -4.08. The fourth-order valence-corrected chi connectivity index (χ4v) is 3.37. The standard InChI is InChI=1S/C17H20ClN3O4S/c18-14-10-15(21-11-12-5-2-1-3-6-12)13(9-16(14)26(19,24)25)17(23)20-7-4-8-22/h1-3,5-6,9-10,21-22H,4,7-8,11H2,(H,20,23)(H2,19,24,25). The number of sulfonamides is 1. The number of nitrogens with two attached hydrogens (primary N) is 1. The minimum Gasteiger partial charge on any atom is -0.396 e. The molecule has 0 fully saturated rings. The molecule has 5 N–H and O–H groups in total. The van der Waals surface area contributed by atoms with Crippen molar-refractivity contribution in [2.24, 2.45) is 5.14 Å². The van der Waals surface area contributed by atoms with E-state index in [4.69, 9.17) is 21.8 Å². The first-order valence-corrected chi connectivity index (χ1v) is 9.78. The third-order valence-electron chi connectivity index (χ3n) is 3.57. The maximum Gasteiger partial charge on any atom is 0.253 e. The van der Waals surface area contributed by atoms with Crippen LogP contribution in [0.3, 0.4) is 0 Å². The molecule has 26 heavy (non-hydrogen) atoms. The molecule has 2 rings (SSSR count). The Morgan fingerprint density at radius 2 is 1.88 bits per heavy atom. The van der Waals surface area contributed by atoms with Crippen LogP contribution in [0.25, 0.3) is 0 Å². The average Bonchev–Trinajstić information content (AvgIpc) is 2.60. The minimum atomic E-state index is -4.08. The SMILES string of the molecule is NS(=O)(=O)c1cc(C(=O)NCCCO)c(NCc2ccccc2)cc1Cl. The number of carbonyl (C=O) groups is 1. The van der Waals surface area contributed by atoms with Crippen molar-refractivity contribution in [2.75, 3.05) is 18.5 Å². The first-order valence-electron chi connectivity index (χ1n) is 7.86. The lowest BCUT2D eigenvalue weighted by Crippen LogP contribution is -2.26. The zero-order valence-corrected chi connectivity index (χ0v) is 15.5. The monoisotopic (exact) mass is 397 g/mol. The normalized spacial score (nSPS) is 11.2. The van der Waals surface area contributed by atoms with E-state index in [1.54, 1.807) is 0 Å². The number of rotatable bonds is 8. The fraction of sp³-hybridized carbons (Fsp3) is 0.235. The predicted molar refractivity (Wildman–Crippen MR) is 101 cm³/mol. The molecule has 140 valence electrons. The Bertz CT molecular complexity index is 873. The van der Waals surface area contributed by atoms with Crippen LogP contribution < -0.4 is 15.8 Å². The minimum absolute atomic E-state index is 0.0670. The molecule has 7 nitrogen and oxygen atoms in total. The lowest BCUT2D eigenvalue weighted by molar-refractivity contribution is 0.0951. The van der Waals surface area contributed by atoms with Crippen LogP contribution in [0.5, 0.6) is 0 Å². The molecule has 0 radical (unpaired) electrons. The van der Waals surface area contributed by atoms with Gasteiger partial charge in [0.2, 0.25) is 10.0 Å². The van der Waals surface area contributed by atoms with Crippen LogP contribution in [0, 0.1) is 0 Å². The van der Waals surface area contributed by atoms with Crippen molar-refractivity contribution in [3.05, 3.63) is 58.6 Å². The molecule has 0 atom stereocenters. The van der Waals surface area contributed by atoms with Gasteiger partial charge < -0.3 is 15.7 Å². The molecular formula is C17H20ClN3O4S. The molecule has 1 amide bonds. The second kappa shape index (κ2) is 9.00. The molecule has 0 aliphatic carbocycles. The smallest absolute Gasteiger partial charge is 0.253 e. The number of amides is 1. The predicted octanol–water partition coefficient (Wildman–Crippen LogP) is 1.71. The van der Waals surface area contributed by atoms with E-state index in [1.807, 2.05) is 30.3 Å². The Hall–Kier alpha value is -2.13. The molecule has 0 saturated heterocycles. The molecule has 0 aliphatic heterocycles. The van der Waals surface area contributed by atoms with Crippen LogP contribution in [0.15, 0.2) is 47.4 Å². The number of hydrogen-bond acceptors (Lipinski definition) is 5. The van der Waals surface area contributed by atoms with Gasteiger partial charge in [-0.05, 0) is 24.1 Å². The topological polar surface area (TPSA) is 122 Å².